The zero-order chi connectivity index (χ0) is 15.0. The van der Waals surface area contributed by atoms with E-state index in [9.17, 15) is 9.59 Å². The Hall–Kier alpha value is -1.88. The molecule has 0 aliphatic heterocycles. The summed E-state index contributed by atoms with van der Waals surface area (Å²) in [5.74, 6) is -0.0376. The number of esters is 1. The molecule has 1 amide bonds. The number of anilines is 1. The third-order valence-corrected chi connectivity index (χ3v) is 2.79. The number of ether oxygens (including phenoxy) is 1. The van der Waals surface area contributed by atoms with Crippen LogP contribution in [0.3, 0.4) is 0 Å². The first-order chi connectivity index (χ1) is 9.54. The average molecular weight is 278 g/mol. The summed E-state index contributed by atoms with van der Waals surface area (Å²) in [6.07, 6.45) is 1.02. The fraction of sp³-hybridized carbons (Fsp3) is 0.467. The highest BCUT2D eigenvalue weighted by Crippen LogP contribution is 2.15. The summed E-state index contributed by atoms with van der Waals surface area (Å²) < 4.78 is 4.68. The molecule has 110 valence electrons. The molecule has 2 N–H and O–H groups in total. The smallest absolute Gasteiger partial charge is 0.339 e. The lowest BCUT2D eigenvalue weighted by molar-refractivity contribution is -0.115. The molecule has 0 radical (unpaired) electrons. The first-order valence-corrected chi connectivity index (χ1v) is 6.72. The molecule has 0 saturated carbocycles. The van der Waals surface area contributed by atoms with Crippen molar-refractivity contribution < 1.29 is 14.3 Å². The molecule has 0 heterocycles. The van der Waals surface area contributed by atoms with Crippen LogP contribution >= 0.6 is 0 Å². The summed E-state index contributed by atoms with van der Waals surface area (Å²) in [5.41, 5.74) is 0.820. The minimum absolute atomic E-state index is 0.176. The lowest BCUT2D eigenvalue weighted by atomic mass is 10.1. The summed E-state index contributed by atoms with van der Waals surface area (Å²) in [5, 5.41) is 5.78. The number of amides is 1. The second kappa shape index (κ2) is 8.32. The maximum absolute atomic E-state index is 11.8. The Balaban J connectivity index is 2.51. The zero-order valence-corrected chi connectivity index (χ0v) is 12.2. The highest BCUT2D eigenvalue weighted by molar-refractivity contribution is 6.01. The molecule has 1 rings (SSSR count). The van der Waals surface area contributed by atoms with Crippen molar-refractivity contribution in [3.8, 4) is 0 Å². The van der Waals surface area contributed by atoms with Crippen molar-refractivity contribution in [3.63, 3.8) is 0 Å². The van der Waals surface area contributed by atoms with Crippen molar-refractivity contribution in [2.24, 2.45) is 5.92 Å². The molecule has 0 aliphatic carbocycles. The molecule has 1 aromatic rings. The van der Waals surface area contributed by atoms with Crippen LogP contribution in [0.2, 0.25) is 0 Å². The average Bonchev–Trinajstić information content (AvgIpc) is 2.43. The normalized spacial score (nSPS) is 10.4. The van der Waals surface area contributed by atoms with E-state index in [4.69, 9.17) is 0 Å². The number of rotatable bonds is 7. The topological polar surface area (TPSA) is 67.4 Å². The van der Waals surface area contributed by atoms with Crippen LogP contribution in [-0.4, -0.2) is 32.1 Å². The third-order valence-electron chi connectivity index (χ3n) is 2.79. The van der Waals surface area contributed by atoms with E-state index < -0.39 is 5.97 Å². The van der Waals surface area contributed by atoms with E-state index in [1.165, 1.54) is 7.11 Å². The van der Waals surface area contributed by atoms with Crippen LogP contribution in [-0.2, 0) is 9.53 Å². The van der Waals surface area contributed by atoms with E-state index >= 15 is 0 Å². The quantitative estimate of drug-likeness (QED) is 0.591. The molecule has 0 spiro atoms. The molecule has 0 bridgehead atoms. The van der Waals surface area contributed by atoms with Crippen molar-refractivity contribution in [1.82, 2.24) is 5.32 Å². The second-order valence-electron chi connectivity index (χ2n) is 4.94. The summed E-state index contributed by atoms with van der Waals surface area (Å²) in [4.78, 5) is 23.4. The van der Waals surface area contributed by atoms with Crippen LogP contribution in [0, 0.1) is 5.92 Å². The molecule has 5 nitrogen and oxygen atoms in total. The minimum atomic E-state index is -0.464. The number of para-hydroxylation sites is 1. The Labute approximate surface area is 119 Å². The molecule has 0 atom stereocenters. The van der Waals surface area contributed by atoms with Gasteiger partial charge in [-0.05, 0) is 31.0 Å². The van der Waals surface area contributed by atoms with E-state index in [0.717, 1.165) is 13.0 Å². The number of nitrogens with one attached hydrogen (secondary N) is 2. The summed E-state index contributed by atoms with van der Waals surface area (Å²) in [7, 11) is 1.31. The molecular weight excluding hydrogens is 256 g/mol. The van der Waals surface area contributed by atoms with Crippen LogP contribution in [0.1, 0.15) is 30.6 Å². The van der Waals surface area contributed by atoms with E-state index in [1.807, 2.05) is 0 Å². The van der Waals surface area contributed by atoms with Crippen LogP contribution in [0.5, 0.6) is 0 Å². The molecule has 20 heavy (non-hydrogen) atoms. The molecule has 0 fully saturated rings. The molecule has 0 aliphatic rings. The SMILES string of the molecule is COC(=O)c1ccccc1NC(=O)CNCCC(C)C. The van der Waals surface area contributed by atoms with E-state index in [-0.39, 0.29) is 12.5 Å². The lowest BCUT2D eigenvalue weighted by Crippen LogP contribution is -2.29. The van der Waals surface area contributed by atoms with E-state index in [0.29, 0.717) is 17.2 Å². The van der Waals surface area contributed by atoms with Gasteiger partial charge < -0.3 is 15.4 Å². The monoisotopic (exact) mass is 278 g/mol. The predicted molar refractivity (Wildman–Crippen MR) is 78.7 cm³/mol. The number of carbonyl (C=O) groups excluding carboxylic acids is 2. The molecule has 5 heteroatoms. The lowest BCUT2D eigenvalue weighted by Gasteiger charge is -2.10. The standard InChI is InChI=1S/C15H22N2O3/c1-11(2)8-9-16-10-14(18)17-13-7-5-4-6-12(13)15(19)20-3/h4-7,11,16H,8-10H2,1-3H3,(H,17,18). The van der Waals surface area contributed by atoms with Crippen LogP contribution in [0.25, 0.3) is 0 Å². The van der Waals surface area contributed by atoms with Gasteiger partial charge in [0.15, 0.2) is 0 Å². The van der Waals surface area contributed by atoms with Gasteiger partial charge in [-0.2, -0.15) is 0 Å². The summed E-state index contributed by atoms with van der Waals surface area (Å²) in [6.45, 7) is 5.29. The first-order valence-electron chi connectivity index (χ1n) is 6.72. The van der Waals surface area contributed by atoms with Crippen molar-refractivity contribution in [1.29, 1.82) is 0 Å². The number of hydrogen-bond acceptors (Lipinski definition) is 4. The molecule has 1 aromatic carbocycles. The van der Waals surface area contributed by atoms with Gasteiger partial charge in [-0.15, -0.1) is 0 Å². The van der Waals surface area contributed by atoms with Crippen LogP contribution in [0.4, 0.5) is 5.69 Å². The zero-order valence-electron chi connectivity index (χ0n) is 12.2. The van der Waals surface area contributed by atoms with Crippen LogP contribution in [0.15, 0.2) is 24.3 Å². The van der Waals surface area contributed by atoms with Gasteiger partial charge in [0.1, 0.15) is 0 Å². The van der Waals surface area contributed by atoms with E-state index in [1.54, 1.807) is 24.3 Å². The van der Waals surface area contributed by atoms with Crippen molar-refractivity contribution in [3.05, 3.63) is 29.8 Å². The molecule has 0 saturated heterocycles. The van der Waals surface area contributed by atoms with Gasteiger partial charge in [-0.3, -0.25) is 4.79 Å². The predicted octanol–water partition coefficient (Wildman–Crippen LogP) is 2.05. The Kier molecular flexibility index (Phi) is 6.73. The fourth-order valence-electron chi connectivity index (χ4n) is 1.67. The van der Waals surface area contributed by atoms with Gasteiger partial charge in [-0.25, -0.2) is 4.79 Å². The second-order valence-corrected chi connectivity index (χ2v) is 4.94. The largest absolute Gasteiger partial charge is 0.465 e. The molecular formula is C15H22N2O3. The van der Waals surface area contributed by atoms with Gasteiger partial charge in [-0.1, -0.05) is 26.0 Å². The van der Waals surface area contributed by atoms with Crippen molar-refractivity contribution >= 4 is 17.6 Å². The Morgan fingerprint density at radius 1 is 1.25 bits per heavy atom. The van der Waals surface area contributed by atoms with Gasteiger partial charge in [0.2, 0.25) is 5.91 Å². The number of benzene rings is 1. The van der Waals surface area contributed by atoms with E-state index in [2.05, 4.69) is 29.2 Å². The Bertz CT molecular complexity index is 458. The molecule has 0 aromatic heterocycles. The van der Waals surface area contributed by atoms with Gasteiger partial charge in [0, 0.05) is 0 Å². The Morgan fingerprint density at radius 2 is 1.95 bits per heavy atom. The van der Waals surface area contributed by atoms with Crippen molar-refractivity contribution in [2.75, 3.05) is 25.5 Å². The summed E-state index contributed by atoms with van der Waals surface area (Å²) in [6, 6.07) is 6.78. The number of carbonyl (C=O) groups is 2. The maximum Gasteiger partial charge on any atom is 0.339 e. The number of methoxy groups -OCH3 is 1. The highest BCUT2D eigenvalue weighted by atomic mass is 16.5. The maximum atomic E-state index is 11.8. The number of hydrogen-bond donors (Lipinski definition) is 2. The first kappa shape index (κ1) is 16.2. The third kappa shape index (κ3) is 5.40. The highest BCUT2D eigenvalue weighted by Gasteiger charge is 2.12. The molecule has 0 unspecified atom stereocenters. The minimum Gasteiger partial charge on any atom is -0.465 e. The Morgan fingerprint density at radius 3 is 2.60 bits per heavy atom. The van der Waals surface area contributed by atoms with Crippen molar-refractivity contribution in [2.45, 2.75) is 20.3 Å². The van der Waals surface area contributed by atoms with Crippen LogP contribution < -0.4 is 10.6 Å². The summed E-state index contributed by atoms with van der Waals surface area (Å²) >= 11 is 0. The fourth-order valence-corrected chi connectivity index (χ4v) is 1.67. The van der Waals surface area contributed by atoms with Gasteiger partial charge >= 0.3 is 5.97 Å². The van der Waals surface area contributed by atoms with Gasteiger partial charge in [0.25, 0.3) is 0 Å². The van der Waals surface area contributed by atoms with Gasteiger partial charge in [0.05, 0.1) is 24.9 Å².